The second-order valence-electron chi connectivity index (χ2n) is 5.63. The van der Waals surface area contributed by atoms with Crippen molar-refractivity contribution in [2.24, 2.45) is 4.99 Å². The van der Waals surface area contributed by atoms with Gasteiger partial charge < -0.3 is 9.47 Å². The highest BCUT2D eigenvalue weighted by Crippen LogP contribution is 2.34. The molecule has 0 aliphatic carbocycles. The monoisotopic (exact) mass is 360 g/mol. The molecule has 114 valence electrons. The van der Waals surface area contributed by atoms with Crippen molar-refractivity contribution >= 4 is 27.8 Å². The van der Waals surface area contributed by atoms with Crippen LogP contribution < -0.4 is 4.74 Å². The number of rotatable bonds is 2. The van der Waals surface area contributed by atoms with E-state index < -0.39 is 5.79 Å². The Balaban J connectivity index is 1.94. The van der Waals surface area contributed by atoms with Crippen LogP contribution in [0.3, 0.4) is 0 Å². The summed E-state index contributed by atoms with van der Waals surface area (Å²) in [6.45, 7) is 6.24. The predicted molar refractivity (Wildman–Crippen MR) is 89.9 cm³/mol. The molecule has 1 aliphatic rings. The molecule has 0 radical (unpaired) electrons. The fourth-order valence-electron chi connectivity index (χ4n) is 2.24. The molecule has 2 heterocycles. The molecule has 0 bridgehead atoms. The normalized spacial score (nSPS) is 16.4. The largest absolute Gasteiger partial charge is 0.461 e. The molecule has 3 rings (SSSR count). The average Bonchev–Trinajstić information content (AvgIpc) is 2.48. The van der Waals surface area contributed by atoms with Gasteiger partial charge in [-0.1, -0.05) is 15.9 Å². The van der Waals surface area contributed by atoms with E-state index >= 15 is 0 Å². The van der Waals surface area contributed by atoms with Crippen molar-refractivity contribution < 1.29 is 9.47 Å². The van der Waals surface area contributed by atoms with Crippen molar-refractivity contribution in [2.45, 2.75) is 33.2 Å². The highest BCUT2D eigenvalue weighted by atomic mass is 79.9. The van der Waals surface area contributed by atoms with Crippen LogP contribution in [0.15, 0.2) is 39.9 Å². The molecule has 0 saturated heterocycles. The molecule has 1 aromatic carbocycles. The van der Waals surface area contributed by atoms with E-state index in [9.17, 15) is 0 Å². The molecule has 0 atom stereocenters. The van der Waals surface area contributed by atoms with Gasteiger partial charge in [-0.05, 0) is 31.2 Å². The number of ether oxygens (including phenoxy) is 2. The third-order valence-electron chi connectivity index (χ3n) is 3.44. The van der Waals surface area contributed by atoms with Gasteiger partial charge in [-0.3, -0.25) is 9.98 Å². The third-order valence-corrected chi connectivity index (χ3v) is 3.97. The minimum Gasteiger partial charge on any atom is -0.461 e. The number of fused-ring (bicyclic) bond motifs is 1. The van der Waals surface area contributed by atoms with Gasteiger partial charge in [0.05, 0.1) is 18.0 Å². The Kier molecular flexibility index (Phi) is 4.02. The number of hydrogen-bond donors (Lipinski definition) is 0. The van der Waals surface area contributed by atoms with Crippen molar-refractivity contribution in [3.05, 3.63) is 51.8 Å². The molecule has 22 heavy (non-hydrogen) atoms. The van der Waals surface area contributed by atoms with Crippen molar-refractivity contribution in [1.29, 1.82) is 0 Å². The lowest BCUT2D eigenvalue weighted by Gasteiger charge is -2.33. The van der Waals surface area contributed by atoms with E-state index in [1.165, 1.54) is 0 Å². The Morgan fingerprint density at radius 1 is 1.27 bits per heavy atom. The van der Waals surface area contributed by atoms with Gasteiger partial charge in [0.15, 0.2) is 5.75 Å². The summed E-state index contributed by atoms with van der Waals surface area (Å²) in [6.07, 6.45) is 3.61. The molecule has 1 aliphatic heterocycles. The van der Waals surface area contributed by atoms with E-state index in [1.54, 1.807) is 6.21 Å². The lowest BCUT2D eigenvalue weighted by molar-refractivity contribution is -0.180. The lowest BCUT2D eigenvalue weighted by Crippen LogP contribution is -2.36. The van der Waals surface area contributed by atoms with Crippen LogP contribution in [0.25, 0.3) is 0 Å². The minimum atomic E-state index is -0.624. The van der Waals surface area contributed by atoms with E-state index in [0.29, 0.717) is 6.61 Å². The van der Waals surface area contributed by atoms with Crippen LogP contribution in [0.5, 0.6) is 5.75 Å². The molecule has 0 N–H and O–H groups in total. The zero-order valence-corrected chi connectivity index (χ0v) is 14.3. The predicted octanol–water partition coefficient (Wildman–Crippen LogP) is 4.55. The summed E-state index contributed by atoms with van der Waals surface area (Å²) < 4.78 is 12.7. The Bertz CT molecular complexity index is 724. The number of aryl methyl sites for hydroxylation is 1. The van der Waals surface area contributed by atoms with E-state index in [4.69, 9.17) is 9.47 Å². The average molecular weight is 361 g/mol. The van der Waals surface area contributed by atoms with Gasteiger partial charge in [-0.25, -0.2) is 0 Å². The lowest BCUT2D eigenvalue weighted by atomic mass is 10.1. The van der Waals surface area contributed by atoms with Crippen LogP contribution in [-0.4, -0.2) is 17.0 Å². The van der Waals surface area contributed by atoms with Crippen LogP contribution in [0.2, 0.25) is 0 Å². The summed E-state index contributed by atoms with van der Waals surface area (Å²) >= 11 is 3.41. The molecule has 5 heteroatoms. The first-order chi connectivity index (χ1) is 10.4. The summed E-state index contributed by atoms with van der Waals surface area (Å²) in [6, 6.07) is 7.82. The Morgan fingerprint density at radius 2 is 2.00 bits per heavy atom. The van der Waals surface area contributed by atoms with Gasteiger partial charge in [-0.15, -0.1) is 0 Å². The molecule has 0 saturated carbocycles. The molecule has 1 aromatic heterocycles. The van der Waals surface area contributed by atoms with E-state index in [0.717, 1.165) is 32.7 Å². The number of aromatic nitrogens is 1. The molecule has 0 amide bonds. The van der Waals surface area contributed by atoms with Crippen molar-refractivity contribution in [3.8, 4) is 5.75 Å². The topological polar surface area (TPSA) is 43.7 Å². The van der Waals surface area contributed by atoms with Crippen LogP contribution in [0, 0.1) is 6.92 Å². The molecular weight excluding hydrogens is 344 g/mol. The second-order valence-corrected chi connectivity index (χ2v) is 6.55. The summed E-state index contributed by atoms with van der Waals surface area (Å²) in [4.78, 5) is 8.90. The Morgan fingerprint density at radius 3 is 2.73 bits per heavy atom. The summed E-state index contributed by atoms with van der Waals surface area (Å²) in [5.74, 6) is 0.178. The molecular formula is C17H17BrN2O2. The third kappa shape index (κ3) is 3.20. The molecule has 0 fully saturated rings. The number of halogens is 1. The highest BCUT2D eigenvalue weighted by Gasteiger charge is 2.30. The molecule has 2 aromatic rings. The summed E-state index contributed by atoms with van der Waals surface area (Å²) in [5, 5.41) is 0. The van der Waals surface area contributed by atoms with Crippen LogP contribution >= 0.6 is 15.9 Å². The van der Waals surface area contributed by atoms with Crippen LogP contribution in [0.4, 0.5) is 5.69 Å². The standard InChI is InChI=1S/C17H17BrN2O2/c1-11-16-15(10-21-17(2,3)22-16)12(8-19-11)9-20-14-6-4-13(18)5-7-14/h4-9H,10H2,1-3H3. The van der Waals surface area contributed by atoms with E-state index in [-0.39, 0.29) is 0 Å². The number of benzene rings is 1. The van der Waals surface area contributed by atoms with E-state index in [2.05, 4.69) is 25.9 Å². The van der Waals surface area contributed by atoms with E-state index in [1.807, 2.05) is 51.2 Å². The van der Waals surface area contributed by atoms with Gasteiger partial charge in [-0.2, -0.15) is 0 Å². The SMILES string of the molecule is Cc1ncc(C=Nc2ccc(Br)cc2)c2c1OC(C)(C)OC2. The maximum Gasteiger partial charge on any atom is 0.205 e. The first kappa shape index (κ1) is 15.2. The van der Waals surface area contributed by atoms with Crippen LogP contribution in [0.1, 0.15) is 30.7 Å². The first-order valence-electron chi connectivity index (χ1n) is 7.06. The van der Waals surface area contributed by atoms with Crippen molar-refractivity contribution in [3.63, 3.8) is 0 Å². The highest BCUT2D eigenvalue weighted by molar-refractivity contribution is 9.10. The summed E-state index contributed by atoms with van der Waals surface area (Å²) in [7, 11) is 0. The Labute approximate surface area is 138 Å². The van der Waals surface area contributed by atoms with Gasteiger partial charge in [0.2, 0.25) is 5.79 Å². The number of hydrogen-bond acceptors (Lipinski definition) is 4. The minimum absolute atomic E-state index is 0.493. The quantitative estimate of drug-likeness (QED) is 0.738. The maximum atomic E-state index is 5.91. The molecule has 4 nitrogen and oxygen atoms in total. The number of nitrogens with zero attached hydrogens (tertiary/aromatic N) is 2. The van der Waals surface area contributed by atoms with Gasteiger partial charge in [0.1, 0.15) is 0 Å². The first-order valence-corrected chi connectivity index (χ1v) is 7.85. The maximum absolute atomic E-state index is 5.91. The fraction of sp³-hybridized carbons (Fsp3) is 0.294. The van der Waals surface area contributed by atoms with Crippen LogP contribution in [-0.2, 0) is 11.3 Å². The van der Waals surface area contributed by atoms with Gasteiger partial charge in [0.25, 0.3) is 0 Å². The Hall–Kier alpha value is -1.72. The van der Waals surface area contributed by atoms with Crippen molar-refractivity contribution in [1.82, 2.24) is 4.98 Å². The molecule has 0 unspecified atom stereocenters. The summed E-state index contributed by atoms with van der Waals surface area (Å²) in [5.41, 5.74) is 3.66. The second kappa shape index (κ2) is 5.82. The van der Waals surface area contributed by atoms with Crippen molar-refractivity contribution in [2.75, 3.05) is 0 Å². The zero-order chi connectivity index (χ0) is 15.7. The number of pyridine rings is 1. The molecule has 0 spiro atoms. The van der Waals surface area contributed by atoms with Gasteiger partial charge in [0, 0.05) is 41.9 Å². The van der Waals surface area contributed by atoms with Gasteiger partial charge >= 0.3 is 0 Å². The smallest absolute Gasteiger partial charge is 0.205 e. The fourth-order valence-corrected chi connectivity index (χ4v) is 2.50. The number of aliphatic imine (C=N–C) groups is 1. The zero-order valence-electron chi connectivity index (χ0n) is 12.8.